The summed E-state index contributed by atoms with van der Waals surface area (Å²) in [5.41, 5.74) is 5.11. The van der Waals surface area contributed by atoms with Crippen molar-refractivity contribution in [2.24, 2.45) is 5.73 Å². The molecule has 0 saturated heterocycles. The first kappa shape index (κ1) is 9.06. The predicted molar refractivity (Wildman–Crippen MR) is 33.5 cm³/mol. The smallest absolute Gasteiger partial charge is 0.316 e. The van der Waals surface area contributed by atoms with E-state index in [-0.39, 0.29) is 0 Å². The molecule has 0 heterocycles. The Morgan fingerprint density at radius 3 is 2.60 bits per heavy atom. The number of aliphatic hydroxyl groups excluding tert-OH is 1. The van der Waals surface area contributed by atoms with E-state index >= 15 is 0 Å². The van der Waals surface area contributed by atoms with Crippen LogP contribution < -0.4 is 11.1 Å². The van der Waals surface area contributed by atoms with E-state index in [0.29, 0.717) is 0 Å². The maximum absolute atomic E-state index is 10.5. The van der Waals surface area contributed by atoms with E-state index in [0.717, 1.165) is 6.41 Å². The van der Waals surface area contributed by atoms with Crippen LogP contribution in [-0.4, -0.2) is 29.6 Å². The Labute approximate surface area is 58.2 Å². The molecule has 4 N–H and O–H groups in total. The van der Waals surface area contributed by atoms with Gasteiger partial charge in [-0.3, -0.25) is 14.9 Å². The van der Waals surface area contributed by atoms with Gasteiger partial charge in [-0.05, 0) is 6.92 Å². The maximum atomic E-state index is 10.5. The number of hydrogen-bond donors (Lipinski definition) is 3. The first-order chi connectivity index (χ1) is 4.59. The Morgan fingerprint density at radius 1 is 1.80 bits per heavy atom. The quantitative estimate of drug-likeness (QED) is 0.396. The van der Waals surface area contributed by atoms with E-state index in [1.807, 2.05) is 0 Å². The highest BCUT2D eigenvalue weighted by Crippen LogP contribution is 1.86. The molecule has 5 nitrogen and oxygen atoms in total. The van der Waals surface area contributed by atoms with Gasteiger partial charge in [-0.15, -0.1) is 0 Å². The van der Waals surface area contributed by atoms with Crippen LogP contribution in [0.25, 0.3) is 0 Å². The van der Waals surface area contributed by atoms with Crippen LogP contribution in [0.5, 0.6) is 0 Å². The van der Waals surface area contributed by atoms with Crippen LogP contribution >= 0.6 is 0 Å². The Bertz CT molecular complexity index is 135. The molecule has 5 heteroatoms. The lowest BCUT2D eigenvalue weighted by atomic mass is 10.2. The Kier molecular flexibility index (Phi) is 3.60. The molecular weight excluding hydrogens is 136 g/mol. The molecule has 0 spiro atoms. The van der Waals surface area contributed by atoms with Crippen molar-refractivity contribution in [1.29, 1.82) is 0 Å². The standard InChI is InChI=1S/C5H9N2O3/c1-3(9)4(6)5(10)7-2-8/h3-4,9H,6H2,1H3,(H,7,8,10)/t3-,4+/m1/s1. The van der Waals surface area contributed by atoms with Crippen LogP contribution in [0.2, 0.25) is 0 Å². The lowest BCUT2D eigenvalue weighted by molar-refractivity contribution is -0.123. The topological polar surface area (TPSA) is 92.4 Å². The number of nitrogens with two attached hydrogens (primary N) is 1. The van der Waals surface area contributed by atoms with Gasteiger partial charge in [-0.25, -0.2) is 0 Å². The van der Waals surface area contributed by atoms with E-state index in [4.69, 9.17) is 10.8 Å². The molecule has 10 heavy (non-hydrogen) atoms. The summed E-state index contributed by atoms with van der Waals surface area (Å²) in [6.45, 7) is 1.36. The molecule has 0 saturated carbocycles. The summed E-state index contributed by atoms with van der Waals surface area (Å²) in [6, 6.07) is -1.07. The lowest BCUT2D eigenvalue weighted by Gasteiger charge is -2.10. The minimum Gasteiger partial charge on any atom is -0.391 e. The fraction of sp³-hybridized carbons (Fsp3) is 0.600. The van der Waals surface area contributed by atoms with Gasteiger partial charge < -0.3 is 10.8 Å². The van der Waals surface area contributed by atoms with Gasteiger partial charge in [0.15, 0.2) is 0 Å². The van der Waals surface area contributed by atoms with Crippen molar-refractivity contribution >= 4 is 12.3 Å². The van der Waals surface area contributed by atoms with Gasteiger partial charge in [-0.2, -0.15) is 0 Å². The molecule has 0 aromatic carbocycles. The van der Waals surface area contributed by atoms with Crippen LogP contribution in [-0.2, 0) is 9.59 Å². The second-order valence-electron chi connectivity index (χ2n) is 1.86. The summed E-state index contributed by atoms with van der Waals surface area (Å²) in [6.07, 6.45) is 0.198. The molecule has 0 fully saturated rings. The van der Waals surface area contributed by atoms with Gasteiger partial charge in [0.1, 0.15) is 6.04 Å². The van der Waals surface area contributed by atoms with Gasteiger partial charge in [0.05, 0.1) is 6.10 Å². The van der Waals surface area contributed by atoms with Crippen molar-refractivity contribution < 1.29 is 14.7 Å². The number of amides is 2. The molecule has 0 aliphatic carbocycles. The highest BCUT2D eigenvalue weighted by atomic mass is 16.3. The zero-order valence-corrected chi connectivity index (χ0v) is 5.50. The predicted octanol–water partition coefficient (Wildman–Crippen LogP) is -2.12. The second kappa shape index (κ2) is 3.97. The Hall–Kier alpha value is -0.940. The van der Waals surface area contributed by atoms with Crippen LogP contribution in [0.3, 0.4) is 0 Å². The van der Waals surface area contributed by atoms with Crippen molar-refractivity contribution in [2.45, 2.75) is 19.1 Å². The number of carbonyl (C=O) groups is 1. The fourth-order valence-corrected chi connectivity index (χ4v) is 0.353. The summed E-state index contributed by atoms with van der Waals surface area (Å²) < 4.78 is 0. The molecule has 57 valence electrons. The second-order valence-corrected chi connectivity index (χ2v) is 1.86. The zero-order valence-electron chi connectivity index (χ0n) is 5.50. The van der Waals surface area contributed by atoms with Crippen molar-refractivity contribution in [1.82, 2.24) is 5.32 Å². The van der Waals surface area contributed by atoms with E-state index in [2.05, 4.69) is 0 Å². The molecule has 0 unspecified atom stereocenters. The first-order valence-electron chi connectivity index (χ1n) is 2.70. The average molecular weight is 145 g/mol. The van der Waals surface area contributed by atoms with Gasteiger partial charge in [0.25, 0.3) is 0 Å². The molecule has 1 radical (unpaired) electrons. The van der Waals surface area contributed by atoms with E-state index in [9.17, 15) is 9.59 Å². The molecule has 2 atom stereocenters. The third kappa shape index (κ3) is 2.56. The monoisotopic (exact) mass is 145 g/mol. The summed E-state index contributed by atoms with van der Waals surface area (Å²) in [4.78, 5) is 20.1. The van der Waals surface area contributed by atoms with Crippen LogP contribution in [0.1, 0.15) is 6.92 Å². The molecule has 0 rings (SSSR count). The van der Waals surface area contributed by atoms with E-state index in [1.54, 1.807) is 5.32 Å². The lowest BCUT2D eigenvalue weighted by Crippen LogP contribution is -2.46. The molecule has 0 aromatic rings. The number of rotatable bonds is 3. The van der Waals surface area contributed by atoms with Crippen molar-refractivity contribution in [3.63, 3.8) is 0 Å². The summed E-state index contributed by atoms with van der Waals surface area (Å²) in [5.74, 6) is -0.731. The molecule has 2 amide bonds. The highest BCUT2D eigenvalue weighted by molar-refractivity contribution is 5.90. The molecule has 0 aliphatic heterocycles. The minimum absolute atomic E-state index is 0.731. The molecule has 0 aromatic heterocycles. The average Bonchev–Trinajstić information content (AvgIpc) is 1.87. The van der Waals surface area contributed by atoms with Gasteiger partial charge in [-0.1, -0.05) is 0 Å². The van der Waals surface area contributed by atoms with Crippen molar-refractivity contribution in [3.8, 4) is 0 Å². The third-order valence-electron chi connectivity index (χ3n) is 0.997. The first-order valence-corrected chi connectivity index (χ1v) is 2.70. The van der Waals surface area contributed by atoms with Crippen LogP contribution in [0.4, 0.5) is 0 Å². The summed E-state index contributed by atoms with van der Waals surface area (Å²) in [5, 5.41) is 10.4. The third-order valence-corrected chi connectivity index (χ3v) is 0.997. The minimum atomic E-state index is -1.07. The number of carbonyl (C=O) groups excluding carboxylic acids is 2. The zero-order chi connectivity index (χ0) is 8.15. The Morgan fingerprint density at radius 2 is 2.30 bits per heavy atom. The number of aliphatic hydroxyl groups is 1. The van der Waals surface area contributed by atoms with Crippen LogP contribution in [0.15, 0.2) is 0 Å². The molecular formula is C5H9N2O3. The fourth-order valence-electron chi connectivity index (χ4n) is 0.353. The van der Waals surface area contributed by atoms with Gasteiger partial charge in [0, 0.05) is 0 Å². The van der Waals surface area contributed by atoms with E-state index < -0.39 is 18.1 Å². The number of hydrogen-bond acceptors (Lipinski definition) is 4. The largest absolute Gasteiger partial charge is 0.391 e. The molecule has 0 aliphatic rings. The number of imide groups is 1. The van der Waals surface area contributed by atoms with Crippen molar-refractivity contribution in [3.05, 3.63) is 0 Å². The maximum Gasteiger partial charge on any atom is 0.316 e. The Balaban J connectivity index is 3.81. The SMILES string of the molecule is C[C@@H](O)[C@H](N)C(=O)N[C]=O. The van der Waals surface area contributed by atoms with Gasteiger partial charge in [0.2, 0.25) is 5.91 Å². The normalized spacial score (nSPS) is 15.5. The number of nitrogens with one attached hydrogen (secondary N) is 1. The van der Waals surface area contributed by atoms with Gasteiger partial charge >= 0.3 is 6.41 Å². The summed E-state index contributed by atoms with van der Waals surface area (Å²) >= 11 is 0. The van der Waals surface area contributed by atoms with Crippen LogP contribution in [0, 0.1) is 0 Å². The molecule has 0 bridgehead atoms. The summed E-state index contributed by atoms with van der Waals surface area (Å²) in [7, 11) is 0. The van der Waals surface area contributed by atoms with E-state index in [1.165, 1.54) is 6.92 Å². The van der Waals surface area contributed by atoms with Crippen molar-refractivity contribution in [2.75, 3.05) is 0 Å². The highest BCUT2D eigenvalue weighted by Gasteiger charge is 2.17.